The summed E-state index contributed by atoms with van der Waals surface area (Å²) in [5.41, 5.74) is 2.45. The summed E-state index contributed by atoms with van der Waals surface area (Å²) in [4.78, 5) is 23.9. The lowest BCUT2D eigenvalue weighted by molar-refractivity contribution is -0.122. The van der Waals surface area contributed by atoms with Crippen molar-refractivity contribution >= 4 is 17.6 Å². The molecule has 0 unspecified atom stereocenters. The van der Waals surface area contributed by atoms with E-state index in [1.807, 2.05) is 12.1 Å². The Kier molecular flexibility index (Phi) is 5.42. The third-order valence-electron chi connectivity index (χ3n) is 4.55. The number of benzene rings is 1. The predicted octanol–water partition coefficient (Wildman–Crippen LogP) is 1.68. The number of rotatable bonds is 7. The number of carbonyl (C=O) groups excluding carboxylic acids is 2. The summed E-state index contributed by atoms with van der Waals surface area (Å²) >= 11 is 0. The zero-order chi connectivity index (χ0) is 17.6. The van der Waals surface area contributed by atoms with Crippen molar-refractivity contribution < 1.29 is 9.59 Å². The Bertz CT molecular complexity index is 751. The van der Waals surface area contributed by atoms with E-state index in [2.05, 4.69) is 40.0 Å². The highest BCUT2D eigenvalue weighted by atomic mass is 16.2. The van der Waals surface area contributed by atoms with Crippen LogP contribution in [0.25, 0.3) is 0 Å². The molecular weight excluding hydrogens is 318 g/mol. The van der Waals surface area contributed by atoms with Gasteiger partial charge in [0, 0.05) is 12.5 Å². The molecule has 3 rings (SSSR count). The molecule has 0 radical (unpaired) electrons. The fraction of sp³-hybridized carbons (Fsp3) is 0.444. The largest absolute Gasteiger partial charge is 0.354 e. The minimum Gasteiger partial charge on any atom is -0.354 e. The zero-order valence-electron chi connectivity index (χ0n) is 14.4. The van der Waals surface area contributed by atoms with E-state index in [-0.39, 0.29) is 24.3 Å². The molecule has 2 aromatic rings. The Morgan fingerprint density at radius 3 is 2.80 bits per heavy atom. The molecule has 0 bridgehead atoms. The van der Waals surface area contributed by atoms with Crippen LogP contribution in [-0.2, 0) is 22.6 Å². The molecule has 1 aromatic carbocycles. The van der Waals surface area contributed by atoms with Crippen molar-refractivity contribution in [3.05, 3.63) is 41.6 Å². The molecule has 2 amide bonds. The summed E-state index contributed by atoms with van der Waals surface area (Å²) in [6, 6.07) is 8.13. The first kappa shape index (κ1) is 17.1. The maximum Gasteiger partial charge on any atom is 0.241 e. The van der Waals surface area contributed by atoms with E-state index < -0.39 is 0 Å². The summed E-state index contributed by atoms with van der Waals surface area (Å²) in [5, 5.41) is 13.4. The van der Waals surface area contributed by atoms with Gasteiger partial charge in [-0.1, -0.05) is 35.9 Å². The lowest BCUT2D eigenvalue weighted by atomic mass is 9.85. The van der Waals surface area contributed by atoms with E-state index in [9.17, 15) is 9.59 Å². The highest BCUT2D eigenvalue weighted by Gasteiger charge is 2.25. The van der Waals surface area contributed by atoms with E-state index in [0.29, 0.717) is 12.4 Å². The lowest BCUT2D eigenvalue weighted by Crippen LogP contribution is -2.29. The van der Waals surface area contributed by atoms with Gasteiger partial charge in [-0.25, -0.2) is 4.68 Å². The Labute approximate surface area is 146 Å². The van der Waals surface area contributed by atoms with Gasteiger partial charge in [0.15, 0.2) is 5.82 Å². The SMILES string of the molecule is Cc1ccccc1CCNC(=O)Cn1cc(NC(=O)C2CCC2)nn1. The smallest absolute Gasteiger partial charge is 0.241 e. The number of anilines is 1. The Balaban J connectivity index is 1.42. The monoisotopic (exact) mass is 341 g/mol. The van der Waals surface area contributed by atoms with Gasteiger partial charge in [-0.15, -0.1) is 5.10 Å². The molecule has 0 atom stereocenters. The topological polar surface area (TPSA) is 88.9 Å². The molecule has 1 aliphatic carbocycles. The molecular formula is C18H23N5O2. The second-order valence-corrected chi connectivity index (χ2v) is 6.44. The van der Waals surface area contributed by atoms with Gasteiger partial charge < -0.3 is 10.6 Å². The molecule has 1 saturated carbocycles. The first-order valence-corrected chi connectivity index (χ1v) is 8.64. The third kappa shape index (κ3) is 4.65. The summed E-state index contributed by atoms with van der Waals surface area (Å²) in [5.74, 6) is 0.343. The second kappa shape index (κ2) is 7.92. The summed E-state index contributed by atoms with van der Waals surface area (Å²) in [7, 11) is 0. The molecule has 7 heteroatoms. The zero-order valence-corrected chi connectivity index (χ0v) is 14.4. The van der Waals surface area contributed by atoms with Crippen LogP contribution in [0.5, 0.6) is 0 Å². The van der Waals surface area contributed by atoms with Crippen molar-refractivity contribution in [2.75, 3.05) is 11.9 Å². The highest BCUT2D eigenvalue weighted by molar-refractivity contribution is 5.92. The van der Waals surface area contributed by atoms with Crippen LogP contribution in [0.15, 0.2) is 30.5 Å². The second-order valence-electron chi connectivity index (χ2n) is 6.44. The number of nitrogens with zero attached hydrogens (tertiary/aromatic N) is 3. The molecule has 132 valence electrons. The van der Waals surface area contributed by atoms with Crippen LogP contribution < -0.4 is 10.6 Å². The number of aryl methyl sites for hydroxylation is 1. The van der Waals surface area contributed by atoms with E-state index in [0.717, 1.165) is 25.7 Å². The number of nitrogens with one attached hydrogen (secondary N) is 2. The average Bonchev–Trinajstić information content (AvgIpc) is 2.94. The normalized spacial score (nSPS) is 14.0. The highest BCUT2D eigenvalue weighted by Crippen LogP contribution is 2.27. The lowest BCUT2D eigenvalue weighted by Gasteiger charge is -2.23. The van der Waals surface area contributed by atoms with Crippen LogP contribution in [0, 0.1) is 12.8 Å². The number of hydrogen-bond acceptors (Lipinski definition) is 4. The number of amides is 2. The van der Waals surface area contributed by atoms with Crippen LogP contribution in [0.2, 0.25) is 0 Å². The fourth-order valence-corrected chi connectivity index (χ4v) is 2.76. The first-order valence-electron chi connectivity index (χ1n) is 8.64. The van der Waals surface area contributed by atoms with Crippen LogP contribution >= 0.6 is 0 Å². The van der Waals surface area contributed by atoms with Crippen molar-refractivity contribution in [1.82, 2.24) is 20.3 Å². The van der Waals surface area contributed by atoms with Gasteiger partial charge >= 0.3 is 0 Å². The maximum atomic E-state index is 12.0. The molecule has 1 fully saturated rings. The molecule has 2 N–H and O–H groups in total. The van der Waals surface area contributed by atoms with E-state index in [4.69, 9.17) is 0 Å². The first-order chi connectivity index (χ1) is 12.1. The van der Waals surface area contributed by atoms with Crippen molar-refractivity contribution in [3.63, 3.8) is 0 Å². The standard InChI is InChI=1S/C18H23N5O2/c1-13-5-2-3-6-14(13)9-10-19-17(24)12-23-11-16(21-22-23)20-18(25)15-7-4-8-15/h2-3,5-6,11,15H,4,7-10,12H2,1H3,(H,19,24)(H,20,25). The van der Waals surface area contributed by atoms with Gasteiger partial charge in [0.1, 0.15) is 6.54 Å². The van der Waals surface area contributed by atoms with Crippen molar-refractivity contribution in [1.29, 1.82) is 0 Å². The maximum absolute atomic E-state index is 12.0. The molecule has 1 aromatic heterocycles. The third-order valence-corrected chi connectivity index (χ3v) is 4.55. The molecule has 0 saturated heterocycles. The van der Waals surface area contributed by atoms with Crippen LogP contribution in [0.3, 0.4) is 0 Å². The van der Waals surface area contributed by atoms with Gasteiger partial charge in [-0.2, -0.15) is 0 Å². The minimum absolute atomic E-state index is 0.0130. The Morgan fingerprint density at radius 2 is 2.08 bits per heavy atom. The number of aromatic nitrogens is 3. The van der Waals surface area contributed by atoms with Crippen LogP contribution in [0.4, 0.5) is 5.82 Å². The van der Waals surface area contributed by atoms with Gasteiger partial charge in [0.25, 0.3) is 0 Å². The Hall–Kier alpha value is -2.70. The molecule has 1 aliphatic rings. The van der Waals surface area contributed by atoms with E-state index in [1.54, 1.807) is 6.20 Å². The van der Waals surface area contributed by atoms with Crippen LogP contribution in [0.1, 0.15) is 30.4 Å². The van der Waals surface area contributed by atoms with Crippen LogP contribution in [-0.4, -0.2) is 33.4 Å². The van der Waals surface area contributed by atoms with Gasteiger partial charge in [-0.05, 0) is 37.3 Å². The number of hydrogen-bond donors (Lipinski definition) is 2. The Morgan fingerprint density at radius 1 is 1.28 bits per heavy atom. The summed E-state index contributed by atoms with van der Waals surface area (Å²) in [6.45, 7) is 2.72. The quantitative estimate of drug-likeness (QED) is 0.802. The van der Waals surface area contributed by atoms with Crippen molar-refractivity contribution in [2.45, 2.75) is 39.2 Å². The molecule has 25 heavy (non-hydrogen) atoms. The van der Waals surface area contributed by atoms with Crippen molar-refractivity contribution in [2.24, 2.45) is 5.92 Å². The van der Waals surface area contributed by atoms with Gasteiger partial charge in [0.05, 0.1) is 6.20 Å². The summed E-state index contributed by atoms with van der Waals surface area (Å²) < 4.78 is 1.43. The van der Waals surface area contributed by atoms with E-state index >= 15 is 0 Å². The van der Waals surface area contributed by atoms with Gasteiger partial charge in [-0.3, -0.25) is 9.59 Å². The summed E-state index contributed by atoms with van der Waals surface area (Å²) in [6.07, 6.45) is 5.34. The van der Waals surface area contributed by atoms with E-state index in [1.165, 1.54) is 15.8 Å². The number of carbonyl (C=O) groups is 2. The molecule has 7 nitrogen and oxygen atoms in total. The minimum atomic E-state index is -0.129. The fourth-order valence-electron chi connectivity index (χ4n) is 2.76. The molecule has 0 aliphatic heterocycles. The average molecular weight is 341 g/mol. The molecule has 1 heterocycles. The van der Waals surface area contributed by atoms with Crippen molar-refractivity contribution in [3.8, 4) is 0 Å². The predicted molar refractivity (Wildman–Crippen MR) is 93.9 cm³/mol. The van der Waals surface area contributed by atoms with Gasteiger partial charge in [0.2, 0.25) is 11.8 Å². The molecule has 0 spiro atoms.